The van der Waals surface area contributed by atoms with Crippen LogP contribution in [-0.4, -0.2) is 17.1 Å². The van der Waals surface area contributed by atoms with Crippen LogP contribution in [0.2, 0.25) is 0 Å². The number of aromatic nitrogens is 2. The van der Waals surface area contributed by atoms with E-state index in [1.165, 1.54) is 11.1 Å². The molecule has 4 nitrogen and oxygen atoms in total. The van der Waals surface area contributed by atoms with E-state index < -0.39 is 0 Å². The Morgan fingerprint density at radius 1 is 0.783 bits per heavy atom. The molecule has 0 aliphatic heterocycles. The monoisotopic (exact) mass is 305 g/mol. The van der Waals surface area contributed by atoms with E-state index in [1.54, 1.807) is 7.11 Å². The molecule has 0 saturated heterocycles. The zero-order valence-corrected chi connectivity index (χ0v) is 13.5. The van der Waals surface area contributed by atoms with E-state index in [2.05, 4.69) is 42.0 Å². The maximum atomic E-state index is 5.91. The minimum absolute atomic E-state index is 0.270. The second-order valence-electron chi connectivity index (χ2n) is 5.52. The highest BCUT2D eigenvalue weighted by molar-refractivity contribution is 5.70. The molecule has 0 amide bonds. The second kappa shape index (κ2) is 6.08. The van der Waals surface area contributed by atoms with Gasteiger partial charge in [0.05, 0.1) is 18.5 Å². The zero-order valence-electron chi connectivity index (χ0n) is 13.5. The summed E-state index contributed by atoms with van der Waals surface area (Å²) in [5, 5.41) is 0. The molecule has 1 heterocycles. The summed E-state index contributed by atoms with van der Waals surface area (Å²) in [5.41, 5.74) is 12.0. The van der Waals surface area contributed by atoms with Gasteiger partial charge in [0.2, 0.25) is 5.95 Å². The van der Waals surface area contributed by atoms with Crippen molar-refractivity contribution in [1.29, 1.82) is 0 Å². The lowest BCUT2D eigenvalue weighted by Gasteiger charge is -2.09. The van der Waals surface area contributed by atoms with Gasteiger partial charge in [0.25, 0.3) is 0 Å². The van der Waals surface area contributed by atoms with Gasteiger partial charge in [-0.05, 0) is 61.4 Å². The van der Waals surface area contributed by atoms with E-state index in [4.69, 9.17) is 10.5 Å². The van der Waals surface area contributed by atoms with Gasteiger partial charge in [0, 0.05) is 11.1 Å². The lowest BCUT2D eigenvalue weighted by Crippen LogP contribution is -1.99. The van der Waals surface area contributed by atoms with Crippen molar-refractivity contribution in [2.75, 3.05) is 12.8 Å². The molecule has 0 aliphatic carbocycles. The Bertz CT molecular complexity index is 842. The fraction of sp³-hybridized carbons (Fsp3) is 0.158. The molecule has 1 aromatic heterocycles. The summed E-state index contributed by atoms with van der Waals surface area (Å²) < 4.78 is 5.19. The van der Waals surface area contributed by atoms with E-state index in [0.29, 0.717) is 0 Å². The number of anilines is 1. The summed E-state index contributed by atoms with van der Waals surface area (Å²) in [6.45, 7) is 4.18. The summed E-state index contributed by atoms with van der Waals surface area (Å²) in [6, 6.07) is 16.0. The van der Waals surface area contributed by atoms with Gasteiger partial charge in [-0.2, -0.15) is 0 Å². The molecule has 4 heteroatoms. The molecule has 0 spiro atoms. The van der Waals surface area contributed by atoms with Crippen molar-refractivity contribution in [2.45, 2.75) is 13.8 Å². The van der Waals surface area contributed by atoms with Crippen molar-refractivity contribution in [3.8, 4) is 28.3 Å². The van der Waals surface area contributed by atoms with Gasteiger partial charge in [-0.25, -0.2) is 9.97 Å². The third-order valence-corrected chi connectivity index (χ3v) is 3.93. The number of rotatable bonds is 3. The number of nitrogens with zero attached hydrogens (tertiary/aromatic N) is 2. The Labute approximate surface area is 136 Å². The molecular weight excluding hydrogens is 286 g/mol. The summed E-state index contributed by atoms with van der Waals surface area (Å²) in [7, 11) is 1.65. The van der Waals surface area contributed by atoms with Gasteiger partial charge in [-0.1, -0.05) is 12.1 Å². The Balaban J connectivity index is 2.06. The first-order chi connectivity index (χ1) is 11.1. The van der Waals surface area contributed by atoms with Gasteiger partial charge >= 0.3 is 0 Å². The maximum Gasteiger partial charge on any atom is 0.221 e. The minimum atomic E-state index is 0.270. The van der Waals surface area contributed by atoms with Gasteiger partial charge in [0.1, 0.15) is 5.75 Å². The van der Waals surface area contributed by atoms with Crippen LogP contribution in [0.15, 0.2) is 48.5 Å². The smallest absolute Gasteiger partial charge is 0.221 e. The normalized spacial score (nSPS) is 10.6. The molecule has 3 aromatic rings. The first-order valence-electron chi connectivity index (χ1n) is 7.43. The van der Waals surface area contributed by atoms with Crippen LogP contribution in [0.5, 0.6) is 5.75 Å². The van der Waals surface area contributed by atoms with Gasteiger partial charge in [-0.15, -0.1) is 0 Å². The lowest BCUT2D eigenvalue weighted by atomic mass is 10.0. The molecular formula is C19H19N3O. The molecule has 0 saturated carbocycles. The van der Waals surface area contributed by atoms with Crippen LogP contribution in [0.25, 0.3) is 22.5 Å². The summed E-state index contributed by atoms with van der Waals surface area (Å²) in [6.07, 6.45) is 0. The van der Waals surface area contributed by atoms with Crippen LogP contribution < -0.4 is 10.5 Å². The molecule has 23 heavy (non-hydrogen) atoms. The molecule has 0 atom stereocenters. The van der Waals surface area contributed by atoms with Crippen LogP contribution in [0.4, 0.5) is 5.95 Å². The largest absolute Gasteiger partial charge is 0.497 e. The number of methoxy groups -OCH3 is 1. The SMILES string of the molecule is COc1ccc(-c2cc(-c3ccc(C)c(C)c3)nc(N)n2)cc1. The number of hydrogen-bond donors (Lipinski definition) is 1. The third-order valence-electron chi connectivity index (χ3n) is 3.93. The molecule has 3 rings (SSSR count). The predicted octanol–water partition coefficient (Wildman–Crippen LogP) is 4.02. The maximum absolute atomic E-state index is 5.91. The van der Waals surface area contributed by atoms with Crippen molar-refractivity contribution in [3.63, 3.8) is 0 Å². The number of hydrogen-bond acceptors (Lipinski definition) is 4. The van der Waals surface area contributed by atoms with Crippen LogP contribution in [0.3, 0.4) is 0 Å². The summed E-state index contributed by atoms with van der Waals surface area (Å²) in [4.78, 5) is 8.73. The molecule has 0 radical (unpaired) electrons. The average molecular weight is 305 g/mol. The fourth-order valence-corrected chi connectivity index (χ4v) is 2.42. The van der Waals surface area contributed by atoms with E-state index >= 15 is 0 Å². The molecule has 2 aromatic carbocycles. The van der Waals surface area contributed by atoms with Crippen LogP contribution in [-0.2, 0) is 0 Å². The standard InChI is InChI=1S/C19H19N3O/c1-12-4-5-15(10-13(12)2)18-11-17(21-19(20)22-18)14-6-8-16(23-3)9-7-14/h4-11H,1-3H3,(H2,20,21,22). The van der Waals surface area contributed by atoms with Gasteiger partial charge in [-0.3, -0.25) is 0 Å². The van der Waals surface area contributed by atoms with Crippen LogP contribution >= 0.6 is 0 Å². The molecule has 0 aliphatic rings. The molecule has 0 fully saturated rings. The minimum Gasteiger partial charge on any atom is -0.497 e. The van der Waals surface area contributed by atoms with Gasteiger partial charge < -0.3 is 10.5 Å². The Kier molecular flexibility index (Phi) is 3.98. The van der Waals surface area contributed by atoms with E-state index in [0.717, 1.165) is 28.3 Å². The quantitative estimate of drug-likeness (QED) is 0.794. The Hall–Kier alpha value is -2.88. The average Bonchev–Trinajstić information content (AvgIpc) is 2.57. The van der Waals surface area contributed by atoms with Crippen molar-refractivity contribution < 1.29 is 4.74 Å². The van der Waals surface area contributed by atoms with Crippen LogP contribution in [0, 0.1) is 13.8 Å². The third kappa shape index (κ3) is 3.16. The van der Waals surface area contributed by atoms with Crippen molar-refractivity contribution in [2.24, 2.45) is 0 Å². The number of nitrogen functional groups attached to an aromatic ring is 1. The molecule has 116 valence electrons. The summed E-state index contributed by atoms with van der Waals surface area (Å²) >= 11 is 0. The van der Waals surface area contributed by atoms with Gasteiger partial charge in [0.15, 0.2) is 0 Å². The Morgan fingerprint density at radius 3 is 2.00 bits per heavy atom. The number of aryl methyl sites for hydroxylation is 2. The van der Waals surface area contributed by atoms with Crippen molar-refractivity contribution >= 4 is 5.95 Å². The molecule has 0 bridgehead atoms. The number of nitrogens with two attached hydrogens (primary N) is 1. The highest BCUT2D eigenvalue weighted by Gasteiger charge is 2.08. The van der Waals surface area contributed by atoms with E-state index in [-0.39, 0.29) is 5.95 Å². The van der Waals surface area contributed by atoms with Crippen molar-refractivity contribution in [3.05, 3.63) is 59.7 Å². The molecule has 0 unspecified atom stereocenters. The predicted molar refractivity (Wildman–Crippen MR) is 93.3 cm³/mol. The summed E-state index contributed by atoms with van der Waals surface area (Å²) in [5.74, 6) is 1.08. The fourth-order valence-electron chi connectivity index (χ4n) is 2.42. The second-order valence-corrected chi connectivity index (χ2v) is 5.52. The number of ether oxygens (including phenoxy) is 1. The zero-order chi connectivity index (χ0) is 16.4. The van der Waals surface area contributed by atoms with E-state index in [1.807, 2.05) is 30.3 Å². The highest BCUT2D eigenvalue weighted by Crippen LogP contribution is 2.27. The van der Waals surface area contributed by atoms with Crippen LogP contribution in [0.1, 0.15) is 11.1 Å². The van der Waals surface area contributed by atoms with E-state index in [9.17, 15) is 0 Å². The topological polar surface area (TPSA) is 61.0 Å². The molecule has 2 N–H and O–H groups in total. The lowest BCUT2D eigenvalue weighted by molar-refractivity contribution is 0.415. The first kappa shape index (κ1) is 15.0. The first-order valence-corrected chi connectivity index (χ1v) is 7.43. The Morgan fingerprint density at radius 2 is 1.39 bits per heavy atom. The highest BCUT2D eigenvalue weighted by atomic mass is 16.5. The van der Waals surface area contributed by atoms with Crippen molar-refractivity contribution in [1.82, 2.24) is 9.97 Å². The number of benzene rings is 2.